The summed E-state index contributed by atoms with van der Waals surface area (Å²) < 4.78 is 5.31. The SMILES string of the molecule is CC(=O)Cc1ccc2[nH]c(-c3ccccc3)c(C(=O)CN(C)CC(=O)N3CCOCC3)c2c1. The highest BCUT2D eigenvalue weighted by Crippen LogP contribution is 2.31. The van der Waals surface area contributed by atoms with Gasteiger partial charge in [-0.25, -0.2) is 0 Å². The van der Waals surface area contributed by atoms with E-state index < -0.39 is 0 Å². The van der Waals surface area contributed by atoms with Crippen molar-refractivity contribution < 1.29 is 19.1 Å². The van der Waals surface area contributed by atoms with E-state index in [1.54, 1.807) is 23.8 Å². The Morgan fingerprint density at radius 1 is 1.03 bits per heavy atom. The Kier molecular flexibility index (Phi) is 7.01. The van der Waals surface area contributed by atoms with Gasteiger partial charge in [0.1, 0.15) is 5.78 Å². The molecule has 0 radical (unpaired) electrons. The van der Waals surface area contributed by atoms with Crippen molar-refractivity contribution in [3.63, 3.8) is 0 Å². The van der Waals surface area contributed by atoms with Crippen LogP contribution in [0.25, 0.3) is 22.2 Å². The predicted molar refractivity (Wildman–Crippen MR) is 127 cm³/mol. The molecule has 7 nitrogen and oxygen atoms in total. The minimum absolute atomic E-state index is 0.000413. The largest absolute Gasteiger partial charge is 0.378 e. The number of aromatic nitrogens is 1. The van der Waals surface area contributed by atoms with Gasteiger partial charge in [-0.2, -0.15) is 0 Å². The lowest BCUT2D eigenvalue weighted by Gasteiger charge is -2.28. The van der Waals surface area contributed by atoms with Gasteiger partial charge in [0.05, 0.1) is 37.6 Å². The molecule has 1 N–H and O–H groups in total. The molecule has 0 atom stereocenters. The summed E-state index contributed by atoms with van der Waals surface area (Å²) in [7, 11) is 1.79. The number of hydrogen-bond acceptors (Lipinski definition) is 5. The summed E-state index contributed by atoms with van der Waals surface area (Å²) in [5.41, 5.74) is 3.98. The second-order valence-electron chi connectivity index (χ2n) is 8.59. The number of Topliss-reactive ketones (excluding diaryl/α,β-unsaturated/α-hetero) is 2. The molecular formula is C26H29N3O4. The first-order valence-electron chi connectivity index (χ1n) is 11.2. The standard InChI is InChI=1S/C26H29N3O4/c1-18(30)14-19-8-9-22-21(15-19)25(26(27-22)20-6-4-3-5-7-20)23(31)16-28(2)17-24(32)29-10-12-33-13-11-29/h3-9,15,27H,10-14,16-17H2,1-2H3. The number of H-pyrrole nitrogens is 1. The fraction of sp³-hybridized carbons (Fsp3) is 0.346. The van der Waals surface area contributed by atoms with E-state index in [0.29, 0.717) is 38.3 Å². The van der Waals surface area contributed by atoms with Crippen LogP contribution in [0.1, 0.15) is 22.8 Å². The van der Waals surface area contributed by atoms with Gasteiger partial charge in [-0.3, -0.25) is 19.3 Å². The number of morpholine rings is 1. The molecule has 4 rings (SSSR count). The first-order valence-corrected chi connectivity index (χ1v) is 11.2. The number of amides is 1. The molecule has 0 spiro atoms. The van der Waals surface area contributed by atoms with Gasteiger partial charge in [0.25, 0.3) is 0 Å². The summed E-state index contributed by atoms with van der Waals surface area (Å²) in [6, 6.07) is 15.5. The van der Waals surface area contributed by atoms with Crippen LogP contribution in [0.5, 0.6) is 0 Å². The highest BCUT2D eigenvalue weighted by Gasteiger charge is 2.23. The zero-order chi connectivity index (χ0) is 23.4. The molecule has 3 aromatic rings. The van der Waals surface area contributed by atoms with Crippen molar-refractivity contribution in [2.45, 2.75) is 13.3 Å². The second kappa shape index (κ2) is 10.1. The molecule has 0 unspecified atom stereocenters. The fourth-order valence-electron chi connectivity index (χ4n) is 4.27. The molecule has 1 fully saturated rings. The molecule has 7 heteroatoms. The van der Waals surface area contributed by atoms with Crippen LogP contribution in [0.15, 0.2) is 48.5 Å². The lowest BCUT2D eigenvalue weighted by molar-refractivity contribution is -0.136. The Labute approximate surface area is 193 Å². The smallest absolute Gasteiger partial charge is 0.236 e. The minimum Gasteiger partial charge on any atom is -0.378 e. The Bertz CT molecular complexity index is 1160. The zero-order valence-electron chi connectivity index (χ0n) is 19.1. The van der Waals surface area contributed by atoms with E-state index in [4.69, 9.17) is 4.74 Å². The molecule has 1 saturated heterocycles. The monoisotopic (exact) mass is 447 g/mol. The molecule has 33 heavy (non-hydrogen) atoms. The van der Waals surface area contributed by atoms with Crippen molar-refractivity contribution >= 4 is 28.4 Å². The van der Waals surface area contributed by atoms with Gasteiger partial charge in [-0.1, -0.05) is 36.4 Å². The van der Waals surface area contributed by atoms with E-state index in [2.05, 4.69) is 4.98 Å². The maximum absolute atomic E-state index is 13.5. The molecule has 1 aliphatic rings. The average molecular weight is 448 g/mol. The molecular weight excluding hydrogens is 418 g/mol. The lowest BCUT2D eigenvalue weighted by atomic mass is 9.99. The molecule has 172 valence electrons. The lowest BCUT2D eigenvalue weighted by Crippen LogP contribution is -2.45. The van der Waals surface area contributed by atoms with Crippen molar-refractivity contribution in [1.29, 1.82) is 0 Å². The van der Waals surface area contributed by atoms with E-state index in [9.17, 15) is 14.4 Å². The summed E-state index contributed by atoms with van der Waals surface area (Å²) >= 11 is 0. The van der Waals surface area contributed by atoms with E-state index in [-0.39, 0.29) is 30.6 Å². The van der Waals surface area contributed by atoms with Crippen LogP contribution in [-0.2, 0) is 20.7 Å². The molecule has 2 aromatic carbocycles. The fourth-order valence-corrected chi connectivity index (χ4v) is 4.27. The number of aromatic amines is 1. The van der Waals surface area contributed by atoms with Gasteiger partial charge >= 0.3 is 0 Å². The van der Waals surface area contributed by atoms with Crippen LogP contribution in [0.4, 0.5) is 0 Å². The molecule has 0 saturated carbocycles. The topological polar surface area (TPSA) is 82.7 Å². The molecule has 1 aromatic heterocycles. The van der Waals surface area contributed by atoms with E-state index in [1.807, 2.05) is 48.5 Å². The minimum atomic E-state index is -0.0719. The van der Waals surface area contributed by atoms with Crippen molar-refractivity contribution in [2.24, 2.45) is 0 Å². The van der Waals surface area contributed by atoms with E-state index >= 15 is 0 Å². The number of nitrogens with zero attached hydrogens (tertiary/aromatic N) is 2. The summed E-state index contributed by atoms with van der Waals surface area (Å²) in [4.78, 5) is 44.7. The van der Waals surface area contributed by atoms with Crippen molar-refractivity contribution in [2.75, 3.05) is 46.4 Å². The van der Waals surface area contributed by atoms with Crippen molar-refractivity contribution in [3.8, 4) is 11.3 Å². The maximum Gasteiger partial charge on any atom is 0.236 e. The highest BCUT2D eigenvalue weighted by atomic mass is 16.5. The van der Waals surface area contributed by atoms with Gasteiger partial charge in [-0.05, 0) is 37.2 Å². The second-order valence-corrected chi connectivity index (χ2v) is 8.59. The van der Waals surface area contributed by atoms with Crippen molar-refractivity contribution in [1.82, 2.24) is 14.8 Å². The van der Waals surface area contributed by atoms with E-state index in [1.165, 1.54) is 0 Å². The number of benzene rings is 2. The number of ether oxygens (including phenoxy) is 1. The van der Waals surface area contributed by atoms with Gasteiger partial charge in [0, 0.05) is 30.4 Å². The normalized spacial score (nSPS) is 14.1. The number of hydrogen-bond donors (Lipinski definition) is 1. The Morgan fingerprint density at radius 3 is 2.45 bits per heavy atom. The number of rotatable bonds is 8. The third kappa shape index (κ3) is 5.38. The van der Waals surface area contributed by atoms with Gasteiger partial charge < -0.3 is 14.6 Å². The maximum atomic E-state index is 13.5. The van der Waals surface area contributed by atoms with E-state index in [0.717, 1.165) is 27.7 Å². The zero-order valence-corrected chi connectivity index (χ0v) is 19.1. The highest BCUT2D eigenvalue weighted by molar-refractivity contribution is 6.14. The van der Waals surface area contributed by atoms with Crippen LogP contribution in [0.2, 0.25) is 0 Å². The van der Waals surface area contributed by atoms with Crippen LogP contribution < -0.4 is 0 Å². The molecule has 0 aliphatic carbocycles. The summed E-state index contributed by atoms with van der Waals surface area (Å²) in [5, 5.41) is 0.797. The first-order chi connectivity index (χ1) is 15.9. The number of fused-ring (bicyclic) bond motifs is 1. The van der Waals surface area contributed by atoms with Gasteiger partial charge in [-0.15, -0.1) is 0 Å². The summed E-state index contributed by atoms with van der Waals surface area (Å²) in [5.74, 6) is -0.000636. The Hall–Kier alpha value is -3.29. The number of likely N-dealkylation sites (N-methyl/N-ethyl adjacent to an activating group) is 1. The summed E-state index contributed by atoms with van der Waals surface area (Å²) in [6.45, 7) is 4.10. The number of carbonyl (C=O) groups is 3. The molecule has 2 heterocycles. The third-order valence-electron chi connectivity index (χ3n) is 5.84. The average Bonchev–Trinajstić information content (AvgIpc) is 3.18. The first kappa shape index (κ1) is 22.9. The number of nitrogens with one attached hydrogen (secondary N) is 1. The molecule has 1 aliphatic heterocycles. The Balaban J connectivity index is 1.62. The quantitative estimate of drug-likeness (QED) is 0.537. The third-order valence-corrected chi connectivity index (χ3v) is 5.84. The van der Waals surface area contributed by atoms with Crippen LogP contribution >= 0.6 is 0 Å². The Morgan fingerprint density at radius 2 is 1.76 bits per heavy atom. The van der Waals surface area contributed by atoms with Crippen molar-refractivity contribution in [3.05, 3.63) is 59.7 Å². The molecule has 1 amide bonds. The van der Waals surface area contributed by atoms with Crippen LogP contribution in [0, 0.1) is 0 Å². The summed E-state index contributed by atoms with van der Waals surface area (Å²) in [6.07, 6.45) is 0.323. The van der Waals surface area contributed by atoms with Gasteiger partial charge in [0.15, 0.2) is 5.78 Å². The predicted octanol–water partition coefficient (Wildman–Crippen LogP) is 2.94. The van der Waals surface area contributed by atoms with Crippen LogP contribution in [-0.4, -0.2) is 78.7 Å². The van der Waals surface area contributed by atoms with Gasteiger partial charge in [0.2, 0.25) is 5.91 Å². The molecule has 0 bridgehead atoms. The van der Waals surface area contributed by atoms with Crippen LogP contribution in [0.3, 0.4) is 0 Å². The number of carbonyl (C=O) groups excluding carboxylic acids is 3. The number of ketones is 2.